The number of nitrogens with one attached hydrogen (secondary N) is 1. The molecule has 0 aliphatic heterocycles. The van der Waals surface area contributed by atoms with E-state index in [1.807, 2.05) is 0 Å². The van der Waals surface area contributed by atoms with Crippen LogP contribution in [0.5, 0.6) is 0 Å². The SMILES string of the molecule is CC(=N)N.O=S(=O)(O)O. The highest BCUT2D eigenvalue weighted by molar-refractivity contribution is 7.79. The van der Waals surface area contributed by atoms with Crippen molar-refractivity contribution in [2.45, 2.75) is 6.92 Å². The monoisotopic (exact) mass is 156 g/mol. The topological polar surface area (TPSA) is 124 Å². The summed E-state index contributed by atoms with van der Waals surface area (Å²) >= 11 is 0. The molecule has 9 heavy (non-hydrogen) atoms. The Balaban J connectivity index is 0. The maximum absolute atomic E-state index is 8.74. The number of hydrogen-bond donors (Lipinski definition) is 4. The Morgan fingerprint density at radius 3 is 1.56 bits per heavy atom. The zero-order valence-electron chi connectivity index (χ0n) is 4.70. The zero-order chi connectivity index (χ0) is 8.08. The number of nitrogens with two attached hydrogens (primary N) is 1. The summed E-state index contributed by atoms with van der Waals surface area (Å²) in [4.78, 5) is 0. The Morgan fingerprint density at radius 1 is 1.56 bits per heavy atom. The standard InChI is InChI=1S/C2H6N2.H2O4S/c1-2(3)4;1-5(2,3)4/h1H3,(H3,3,4);(H2,1,2,3,4). The van der Waals surface area contributed by atoms with Gasteiger partial charge in [0.1, 0.15) is 0 Å². The van der Waals surface area contributed by atoms with Gasteiger partial charge in [-0.2, -0.15) is 8.42 Å². The van der Waals surface area contributed by atoms with Gasteiger partial charge < -0.3 is 5.73 Å². The van der Waals surface area contributed by atoms with Crippen LogP contribution in [0, 0.1) is 5.41 Å². The summed E-state index contributed by atoms with van der Waals surface area (Å²) in [6, 6.07) is 0. The molecule has 0 amide bonds. The fraction of sp³-hybridized carbons (Fsp3) is 0.500. The molecule has 6 nitrogen and oxygen atoms in total. The lowest BCUT2D eigenvalue weighted by molar-refractivity contribution is 0.381. The highest BCUT2D eigenvalue weighted by Crippen LogP contribution is 1.59. The second-order valence-electron chi connectivity index (χ2n) is 1.13. The smallest absolute Gasteiger partial charge is 0.388 e. The van der Waals surface area contributed by atoms with E-state index in [0.29, 0.717) is 0 Å². The highest BCUT2D eigenvalue weighted by atomic mass is 32.3. The minimum Gasteiger partial charge on any atom is -0.388 e. The molecule has 0 radical (unpaired) electrons. The molecular weight excluding hydrogens is 148 g/mol. The van der Waals surface area contributed by atoms with Crippen molar-refractivity contribution in [3.8, 4) is 0 Å². The van der Waals surface area contributed by atoms with Gasteiger partial charge in [-0.25, -0.2) is 0 Å². The van der Waals surface area contributed by atoms with Crippen molar-refractivity contribution >= 4 is 16.2 Å². The lowest BCUT2D eigenvalue weighted by atomic mass is 10.8. The van der Waals surface area contributed by atoms with Crippen LogP contribution in [0.2, 0.25) is 0 Å². The summed E-state index contributed by atoms with van der Waals surface area (Å²) in [7, 11) is -4.67. The van der Waals surface area contributed by atoms with Crippen molar-refractivity contribution in [3.05, 3.63) is 0 Å². The minimum absolute atomic E-state index is 0.167. The molecule has 0 aromatic heterocycles. The van der Waals surface area contributed by atoms with E-state index in [0.717, 1.165) is 0 Å². The van der Waals surface area contributed by atoms with Gasteiger partial charge in [0, 0.05) is 0 Å². The average molecular weight is 156 g/mol. The van der Waals surface area contributed by atoms with Gasteiger partial charge in [-0.05, 0) is 6.92 Å². The molecule has 56 valence electrons. The first-order valence-electron chi connectivity index (χ1n) is 1.74. The fourth-order valence-electron chi connectivity index (χ4n) is 0. The van der Waals surface area contributed by atoms with E-state index in [2.05, 4.69) is 0 Å². The first-order chi connectivity index (χ1) is 3.73. The van der Waals surface area contributed by atoms with Crippen molar-refractivity contribution in [1.82, 2.24) is 0 Å². The van der Waals surface area contributed by atoms with Gasteiger partial charge in [-0.1, -0.05) is 0 Å². The van der Waals surface area contributed by atoms with E-state index in [1.54, 1.807) is 0 Å². The number of rotatable bonds is 0. The quantitative estimate of drug-likeness (QED) is 0.209. The highest BCUT2D eigenvalue weighted by Gasteiger charge is 1.84. The van der Waals surface area contributed by atoms with Crippen LogP contribution < -0.4 is 5.73 Å². The Hall–Kier alpha value is -0.660. The van der Waals surface area contributed by atoms with E-state index in [4.69, 9.17) is 28.7 Å². The van der Waals surface area contributed by atoms with E-state index >= 15 is 0 Å². The number of amidine groups is 1. The van der Waals surface area contributed by atoms with Gasteiger partial charge in [0.25, 0.3) is 0 Å². The van der Waals surface area contributed by atoms with Crippen LogP contribution in [0.15, 0.2) is 0 Å². The summed E-state index contributed by atoms with van der Waals surface area (Å²) in [5.41, 5.74) is 4.69. The molecule has 5 N–H and O–H groups in total. The van der Waals surface area contributed by atoms with Gasteiger partial charge in [-0.15, -0.1) is 0 Å². The molecule has 7 heteroatoms. The van der Waals surface area contributed by atoms with Crippen LogP contribution in [0.1, 0.15) is 6.92 Å². The first kappa shape index (κ1) is 11.2. The molecule has 0 aromatic carbocycles. The molecule has 0 bridgehead atoms. The molecule has 0 atom stereocenters. The van der Waals surface area contributed by atoms with Crippen LogP contribution >= 0.6 is 0 Å². The third kappa shape index (κ3) is 480. The average Bonchev–Trinajstić information content (AvgIpc) is 1.19. The summed E-state index contributed by atoms with van der Waals surface area (Å²) in [6.07, 6.45) is 0. The summed E-state index contributed by atoms with van der Waals surface area (Å²) in [6.45, 7) is 1.53. The van der Waals surface area contributed by atoms with Crippen molar-refractivity contribution < 1.29 is 17.5 Å². The van der Waals surface area contributed by atoms with Crippen LogP contribution in [0.3, 0.4) is 0 Å². The first-order valence-corrected chi connectivity index (χ1v) is 3.13. The lowest BCUT2D eigenvalue weighted by Crippen LogP contribution is -2.00. The molecule has 0 heterocycles. The van der Waals surface area contributed by atoms with Crippen molar-refractivity contribution in [2.24, 2.45) is 5.73 Å². The second kappa shape index (κ2) is 4.24. The van der Waals surface area contributed by atoms with E-state index in [9.17, 15) is 0 Å². The Labute approximate surface area is 52.8 Å². The molecular formula is C2H8N2O4S. The van der Waals surface area contributed by atoms with E-state index in [-0.39, 0.29) is 5.84 Å². The number of hydrogen-bond acceptors (Lipinski definition) is 3. The van der Waals surface area contributed by atoms with Crippen molar-refractivity contribution in [3.63, 3.8) is 0 Å². The second-order valence-corrected chi connectivity index (χ2v) is 2.03. The zero-order valence-corrected chi connectivity index (χ0v) is 5.51. The van der Waals surface area contributed by atoms with Crippen molar-refractivity contribution in [1.29, 1.82) is 5.41 Å². The van der Waals surface area contributed by atoms with Crippen LogP contribution in [-0.4, -0.2) is 23.4 Å². The molecule has 0 rings (SSSR count). The van der Waals surface area contributed by atoms with Gasteiger partial charge in [-0.3, -0.25) is 14.5 Å². The van der Waals surface area contributed by atoms with Crippen LogP contribution in [0.25, 0.3) is 0 Å². The molecule has 0 saturated carbocycles. The Kier molecular flexibility index (Phi) is 5.27. The summed E-state index contributed by atoms with van der Waals surface area (Å²) in [5.74, 6) is 0.167. The minimum atomic E-state index is -4.67. The Bertz CT molecular complexity index is 159. The van der Waals surface area contributed by atoms with Crippen LogP contribution in [-0.2, 0) is 10.4 Å². The van der Waals surface area contributed by atoms with Gasteiger partial charge in [0.05, 0.1) is 5.84 Å². The van der Waals surface area contributed by atoms with Crippen LogP contribution in [0.4, 0.5) is 0 Å². The molecule has 0 aliphatic carbocycles. The Morgan fingerprint density at radius 2 is 1.56 bits per heavy atom. The molecule has 0 saturated heterocycles. The third-order valence-corrected chi connectivity index (χ3v) is 0. The largest absolute Gasteiger partial charge is 0.394 e. The predicted octanol–water partition coefficient (Wildman–Crippen LogP) is -0.711. The molecule has 0 fully saturated rings. The molecule has 0 aliphatic rings. The summed E-state index contributed by atoms with van der Waals surface area (Å²) in [5, 5.41) is 6.28. The normalized spacial score (nSPS) is 9.22. The molecule has 0 unspecified atom stereocenters. The lowest BCUT2D eigenvalue weighted by Gasteiger charge is -1.68. The fourth-order valence-corrected chi connectivity index (χ4v) is 0. The third-order valence-electron chi connectivity index (χ3n) is 0. The van der Waals surface area contributed by atoms with E-state index in [1.165, 1.54) is 6.92 Å². The van der Waals surface area contributed by atoms with Crippen molar-refractivity contribution in [2.75, 3.05) is 0 Å². The molecule has 0 aromatic rings. The maximum Gasteiger partial charge on any atom is 0.394 e. The predicted molar refractivity (Wildman–Crippen MR) is 31.8 cm³/mol. The summed E-state index contributed by atoms with van der Waals surface area (Å²) < 4.78 is 31.6. The van der Waals surface area contributed by atoms with Gasteiger partial charge in [0.2, 0.25) is 0 Å². The van der Waals surface area contributed by atoms with Gasteiger partial charge >= 0.3 is 10.4 Å². The maximum atomic E-state index is 8.74. The van der Waals surface area contributed by atoms with E-state index < -0.39 is 10.4 Å². The van der Waals surface area contributed by atoms with Gasteiger partial charge in [0.15, 0.2) is 0 Å². The molecule has 0 spiro atoms.